The van der Waals surface area contributed by atoms with E-state index in [1.807, 2.05) is 7.11 Å². The van der Waals surface area contributed by atoms with Gasteiger partial charge in [0.05, 0.1) is 6.10 Å². The van der Waals surface area contributed by atoms with E-state index in [-0.39, 0.29) is 0 Å². The molecule has 3 nitrogen and oxygen atoms in total. The first-order valence-corrected chi connectivity index (χ1v) is 8.20. The van der Waals surface area contributed by atoms with Gasteiger partial charge in [-0.25, -0.2) is 0 Å². The molecule has 112 valence electrons. The molecule has 1 saturated heterocycles. The van der Waals surface area contributed by atoms with Gasteiger partial charge in [-0.3, -0.25) is 4.90 Å². The number of ether oxygens (including phenoxy) is 1. The van der Waals surface area contributed by atoms with E-state index in [2.05, 4.69) is 24.1 Å². The molecule has 0 bridgehead atoms. The highest BCUT2D eigenvalue weighted by atomic mass is 16.5. The van der Waals surface area contributed by atoms with Gasteiger partial charge in [-0.1, -0.05) is 13.8 Å². The van der Waals surface area contributed by atoms with Crippen LogP contribution in [0, 0.1) is 5.92 Å². The number of methoxy groups -OCH3 is 1. The zero-order valence-corrected chi connectivity index (χ0v) is 13.0. The Kier molecular flexibility index (Phi) is 6.11. The van der Waals surface area contributed by atoms with Gasteiger partial charge >= 0.3 is 0 Å². The summed E-state index contributed by atoms with van der Waals surface area (Å²) in [7, 11) is 1.87. The Morgan fingerprint density at radius 1 is 1.21 bits per heavy atom. The van der Waals surface area contributed by atoms with Crippen LogP contribution in [0.3, 0.4) is 0 Å². The van der Waals surface area contributed by atoms with E-state index >= 15 is 0 Å². The zero-order valence-electron chi connectivity index (χ0n) is 13.0. The molecule has 19 heavy (non-hydrogen) atoms. The first-order valence-electron chi connectivity index (χ1n) is 8.20. The van der Waals surface area contributed by atoms with Gasteiger partial charge in [0.2, 0.25) is 0 Å². The summed E-state index contributed by atoms with van der Waals surface area (Å²) >= 11 is 0. The van der Waals surface area contributed by atoms with Gasteiger partial charge < -0.3 is 10.1 Å². The summed E-state index contributed by atoms with van der Waals surface area (Å²) in [6.07, 6.45) is 8.48. The lowest BCUT2D eigenvalue weighted by Crippen LogP contribution is -2.47. The normalized spacial score (nSPS) is 33.2. The Labute approximate surface area is 119 Å². The van der Waals surface area contributed by atoms with E-state index in [1.54, 1.807) is 0 Å². The van der Waals surface area contributed by atoms with Crippen molar-refractivity contribution in [3.8, 4) is 0 Å². The highest BCUT2D eigenvalue weighted by molar-refractivity contribution is 4.89. The third-order valence-corrected chi connectivity index (χ3v) is 4.76. The molecule has 2 aliphatic rings. The first kappa shape index (κ1) is 15.3. The van der Waals surface area contributed by atoms with Crippen LogP contribution < -0.4 is 5.32 Å². The maximum atomic E-state index is 5.59. The van der Waals surface area contributed by atoms with Gasteiger partial charge in [0.15, 0.2) is 0 Å². The summed E-state index contributed by atoms with van der Waals surface area (Å²) in [5.74, 6) is 0.752. The van der Waals surface area contributed by atoms with Crippen molar-refractivity contribution in [2.24, 2.45) is 5.92 Å². The fraction of sp³-hybridized carbons (Fsp3) is 1.00. The van der Waals surface area contributed by atoms with Crippen molar-refractivity contribution >= 4 is 0 Å². The number of likely N-dealkylation sites (tertiary alicyclic amines) is 1. The number of nitrogens with zero attached hydrogens (tertiary/aromatic N) is 1. The molecule has 2 fully saturated rings. The molecule has 3 unspecified atom stereocenters. The maximum absolute atomic E-state index is 5.59. The quantitative estimate of drug-likeness (QED) is 0.801. The van der Waals surface area contributed by atoms with E-state index in [1.165, 1.54) is 51.6 Å². The zero-order chi connectivity index (χ0) is 13.7. The van der Waals surface area contributed by atoms with Crippen molar-refractivity contribution < 1.29 is 4.74 Å². The van der Waals surface area contributed by atoms with Crippen molar-refractivity contribution in [1.82, 2.24) is 10.2 Å². The third kappa shape index (κ3) is 4.44. The second-order valence-corrected chi connectivity index (χ2v) is 6.76. The molecule has 1 aliphatic heterocycles. The summed E-state index contributed by atoms with van der Waals surface area (Å²) in [6.45, 7) is 8.19. The molecule has 3 heteroatoms. The molecule has 1 N–H and O–H groups in total. The molecular weight excluding hydrogens is 236 g/mol. The van der Waals surface area contributed by atoms with Gasteiger partial charge in [-0.05, 0) is 57.5 Å². The number of nitrogens with one attached hydrogen (secondary N) is 1. The molecule has 0 spiro atoms. The van der Waals surface area contributed by atoms with E-state index in [0.29, 0.717) is 6.10 Å². The molecule has 2 rings (SSSR count). The minimum absolute atomic E-state index is 0.503. The van der Waals surface area contributed by atoms with Crippen LogP contribution in [0.25, 0.3) is 0 Å². The molecule has 0 amide bonds. The van der Waals surface area contributed by atoms with Crippen molar-refractivity contribution in [1.29, 1.82) is 0 Å². The van der Waals surface area contributed by atoms with E-state index in [0.717, 1.165) is 24.5 Å². The lowest BCUT2D eigenvalue weighted by molar-refractivity contribution is 0.0242. The van der Waals surface area contributed by atoms with Crippen LogP contribution in [0.1, 0.15) is 52.4 Å². The summed E-state index contributed by atoms with van der Waals surface area (Å²) in [4.78, 5) is 2.78. The Morgan fingerprint density at radius 2 is 2.05 bits per heavy atom. The molecule has 1 aliphatic carbocycles. The van der Waals surface area contributed by atoms with Crippen molar-refractivity contribution in [3.05, 3.63) is 0 Å². The van der Waals surface area contributed by atoms with Crippen LogP contribution in [0.2, 0.25) is 0 Å². The van der Waals surface area contributed by atoms with Crippen molar-refractivity contribution in [2.45, 2.75) is 70.6 Å². The summed E-state index contributed by atoms with van der Waals surface area (Å²) in [6, 6.07) is 1.53. The number of hydrogen-bond donors (Lipinski definition) is 1. The predicted octanol–water partition coefficient (Wildman–Crippen LogP) is 2.65. The summed E-state index contributed by atoms with van der Waals surface area (Å²) in [5.41, 5.74) is 0. The Bertz CT molecular complexity index is 257. The predicted molar refractivity (Wildman–Crippen MR) is 80.5 cm³/mol. The molecule has 3 atom stereocenters. The Morgan fingerprint density at radius 3 is 2.79 bits per heavy atom. The molecule has 1 saturated carbocycles. The highest BCUT2D eigenvalue weighted by Gasteiger charge is 2.33. The second-order valence-electron chi connectivity index (χ2n) is 6.76. The van der Waals surface area contributed by atoms with Crippen molar-refractivity contribution in [2.75, 3.05) is 26.7 Å². The molecule has 1 heterocycles. The van der Waals surface area contributed by atoms with Crippen LogP contribution in [-0.2, 0) is 4.74 Å². The van der Waals surface area contributed by atoms with E-state index in [4.69, 9.17) is 4.74 Å². The first-order chi connectivity index (χ1) is 9.20. The van der Waals surface area contributed by atoms with Gasteiger partial charge in [-0.2, -0.15) is 0 Å². The van der Waals surface area contributed by atoms with Gasteiger partial charge in [0, 0.05) is 25.7 Å². The average molecular weight is 268 g/mol. The minimum atomic E-state index is 0.503. The fourth-order valence-corrected chi connectivity index (χ4v) is 3.73. The standard InChI is InChI=1S/C16H32N2O/c1-13(2)11-17-12-15-7-5-9-18(15)14-6-4-8-16(10-14)19-3/h13-17H,4-12H2,1-3H3. The lowest BCUT2D eigenvalue weighted by Gasteiger charge is -2.38. The van der Waals surface area contributed by atoms with Crippen LogP contribution in [-0.4, -0.2) is 49.8 Å². The minimum Gasteiger partial charge on any atom is -0.381 e. The molecule has 0 aromatic heterocycles. The Balaban J connectivity index is 1.80. The van der Waals surface area contributed by atoms with Crippen LogP contribution in [0.5, 0.6) is 0 Å². The van der Waals surface area contributed by atoms with Crippen molar-refractivity contribution in [3.63, 3.8) is 0 Å². The van der Waals surface area contributed by atoms with E-state index in [9.17, 15) is 0 Å². The highest BCUT2D eigenvalue weighted by Crippen LogP contribution is 2.30. The monoisotopic (exact) mass is 268 g/mol. The third-order valence-electron chi connectivity index (χ3n) is 4.76. The van der Waals surface area contributed by atoms with Gasteiger partial charge in [0.25, 0.3) is 0 Å². The van der Waals surface area contributed by atoms with Crippen LogP contribution >= 0.6 is 0 Å². The Hall–Kier alpha value is -0.120. The topological polar surface area (TPSA) is 24.5 Å². The SMILES string of the molecule is COC1CCCC(N2CCCC2CNCC(C)C)C1. The average Bonchev–Trinajstić information content (AvgIpc) is 2.87. The number of hydrogen-bond acceptors (Lipinski definition) is 3. The smallest absolute Gasteiger partial charge is 0.0586 e. The van der Waals surface area contributed by atoms with E-state index < -0.39 is 0 Å². The van der Waals surface area contributed by atoms with Gasteiger partial charge in [0.1, 0.15) is 0 Å². The lowest BCUT2D eigenvalue weighted by atomic mass is 9.91. The van der Waals surface area contributed by atoms with Gasteiger partial charge in [-0.15, -0.1) is 0 Å². The fourth-order valence-electron chi connectivity index (χ4n) is 3.73. The molecule has 0 aromatic rings. The second kappa shape index (κ2) is 7.61. The summed E-state index contributed by atoms with van der Waals surface area (Å²) in [5, 5.41) is 3.65. The van der Waals surface area contributed by atoms with Crippen LogP contribution in [0.4, 0.5) is 0 Å². The van der Waals surface area contributed by atoms with Crippen LogP contribution in [0.15, 0.2) is 0 Å². The largest absolute Gasteiger partial charge is 0.381 e. The molecule has 0 aromatic carbocycles. The molecule has 0 radical (unpaired) electrons. The number of rotatable bonds is 6. The summed E-state index contributed by atoms with van der Waals surface area (Å²) < 4.78 is 5.59. The molecular formula is C16H32N2O. The maximum Gasteiger partial charge on any atom is 0.0586 e.